The van der Waals surface area contributed by atoms with E-state index in [9.17, 15) is 10.1 Å². The molecule has 1 heterocycles. The third kappa shape index (κ3) is 3.00. The van der Waals surface area contributed by atoms with Gasteiger partial charge in [0.2, 0.25) is 0 Å². The van der Waals surface area contributed by atoms with Gasteiger partial charge in [0.05, 0.1) is 35.0 Å². The van der Waals surface area contributed by atoms with E-state index in [4.69, 9.17) is 4.74 Å². The van der Waals surface area contributed by atoms with Crippen LogP contribution in [-0.2, 0) is 0 Å². The summed E-state index contributed by atoms with van der Waals surface area (Å²) in [5, 5.41) is 15.9. The fourth-order valence-electron chi connectivity index (χ4n) is 1.67. The third-order valence-corrected chi connectivity index (χ3v) is 3.27. The number of nitro benzene ring substituents is 1. The molecule has 1 N–H and O–H groups in total. The molecule has 0 fully saturated rings. The predicted octanol–water partition coefficient (Wildman–Crippen LogP) is 3.23. The number of hydrogen-bond acceptors (Lipinski definition) is 6. The lowest BCUT2D eigenvalue weighted by Gasteiger charge is -2.15. The molecule has 2 rings (SSSR count). The predicted molar refractivity (Wildman–Crippen MR) is 73.8 cm³/mol. The van der Waals surface area contributed by atoms with Gasteiger partial charge in [-0.15, -0.1) is 11.3 Å². The second-order valence-electron chi connectivity index (χ2n) is 3.92. The van der Waals surface area contributed by atoms with Crippen LogP contribution >= 0.6 is 11.3 Å². The number of benzene rings is 1. The summed E-state index contributed by atoms with van der Waals surface area (Å²) < 4.78 is 5.20. The molecule has 1 aromatic carbocycles. The van der Waals surface area contributed by atoms with E-state index in [1.54, 1.807) is 11.6 Å². The van der Waals surface area contributed by atoms with Crippen LogP contribution < -0.4 is 10.1 Å². The van der Waals surface area contributed by atoms with Crippen LogP contribution in [0.4, 0.5) is 11.4 Å². The largest absolute Gasteiger partial charge is 0.495 e. The maximum atomic E-state index is 10.8. The lowest BCUT2D eigenvalue weighted by Crippen LogP contribution is -2.08. The van der Waals surface area contributed by atoms with Crippen molar-refractivity contribution in [1.82, 2.24) is 4.98 Å². The summed E-state index contributed by atoms with van der Waals surface area (Å²) in [6.07, 6.45) is 0. The summed E-state index contributed by atoms with van der Waals surface area (Å²) >= 11 is 1.51. The van der Waals surface area contributed by atoms with E-state index < -0.39 is 4.92 Å². The third-order valence-electron chi connectivity index (χ3n) is 2.66. The zero-order valence-electron chi connectivity index (χ0n) is 10.5. The Labute approximate surface area is 114 Å². The average molecular weight is 279 g/mol. The topological polar surface area (TPSA) is 77.3 Å². The minimum absolute atomic E-state index is 0.0220. The quantitative estimate of drug-likeness (QED) is 0.671. The van der Waals surface area contributed by atoms with Crippen LogP contribution in [0.5, 0.6) is 5.75 Å². The Morgan fingerprint density at radius 3 is 2.89 bits per heavy atom. The zero-order chi connectivity index (χ0) is 13.8. The first-order valence-electron chi connectivity index (χ1n) is 5.59. The molecule has 100 valence electrons. The van der Waals surface area contributed by atoms with Crippen molar-refractivity contribution in [1.29, 1.82) is 0 Å². The van der Waals surface area contributed by atoms with Gasteiger partial charge in [-0.1, -0.05) is 0 Å². The van der Waals surface area contributed by atoms with E-state index in [0.717, 1.165) is 5.69 Å². The minimum Gasteiger partial charge on any atom is -0.495 e. The Kier molecular flexibility index (Phi) is 3.96. The molecule has 0 aliphatic rings. The number of aromatic nitrogens is 1. The van der Waals surface area contributed by atoms with Crippen molar-refractivity contribution in [3.05, 3.63) is 44.9 Å². The molecule has 0 amide bonds. The fourth-order valence-corrected chi connectivity index (χ4v) is 2.31. The number of non-ortho nitro benzene ring substituents is 1. The maximum absolute atomic E-state index is 10.8. The molecule has 1 atom stereocenters. The van der Waals surface area contributed by atoms with Crippen molar-refractivity contribution in [3.63, 3.8) is 0 Å². The van der Waals surface area contributed by atoms with E-state index >= 15 is 0 Å². The molecule has 0 bridgehead atoms. The summed E-state index contributed by atoms with van der Waals surface area (Å²) in [4.78, 5) is 14.6. The standard InChI is InChI=1S/C12H13N3O3S/c1-8(11-6-19-7-13-11)14-10-5-9(15(16)17)3-4-12(10)18-2/h3-8,14H,1-2H3. The van der Waals surface area contributed by atoms with E-state index in [0.29, 0.717) is 11.4 Å². The molecular formula is C12H13N3O3S. The molecule has 2 aromatic rings. The molecule has 0 radical (unpaired) electrons. The highest BCUT2D eigenvalue weighted by Gasteiger charge is 2.14. The number of ether oxygens (including phenoxy) is 1. The summed E-state index contributed by atoms with van der Waals surface area (Å²) in [6, 6.07) is 4.40. The summed E-state index contributed by atoms with van der Waals surface area (Å²) in [6.45, 7) is 1.94. The monoisotopic (exact) mass is 279 g/mol. The van der Waals surface area contributed by atoms with Crippen LogP contribution in [-0.4, -0.2) is 17.0 Å². The molecule has 0 saturated heterocycles. The van der Waals surface area contributed by atoms with Crippen molar-refractivity contribution in [2.45, 2.75) is 13.0 Å². The van der Waals surface area contributed by atoms with Crippen LogP contribution in [0.3, 0.4) is 0 Å². The summed E-state index contributed by atoms with van der Waals surface area (Å²) in [7, 11) is 1.53. The van der Waals surface area contributed by atoms with E-state index in [-0.39, 0.29) is 11.7 Å². The van der Waals surface area contributed by atoms with Crippen LogP contribution in [0.1, 0.15) is 18.7 Å². The highest BCUT2D eigenvalue weighted by atomic mass is 32.1. The smallest absolute Gasteiger partial charge is 0.271 e. The molecule has 7 heteroatoms. The van der Waals surface area contributed by atoms with Gasteiger partial charge in [0, 0.05) is 17.5 Å². The van der Waals surface area contributed by atoms with Crippen LogP contribution in [0.25, 0.3) is 0 Å². The second-order valence-corrected chi connectivity index (χ2v) is 4.64. The van der Waals surface area contributed by atoms with Crippen LogP contribution in [0.15, 0.2) is 29.1 Å². The Hall–Kier alpha value is -2.15. The number of nitrogens with one attached hydrogen (secondary N) is 1. The SMILES string of the molecule is COc1ccc([N+](=O)[O-])cc1NC(C)c1cscn1. The molecular weight excluding hydrogens is 266 g/mol. The van der Waals surface area contributed by atoms with E-state index in [2.05, 4.69) is 10.3 Å². The number of thiazole rings is 1. The van der Waals surface area contributed by atoms with Gasteiger partial charge in [0.15, 0.2) is 0 Å². The number of hydrogen-bond donors (Lipinski definition) is 1. The highest BCUT2D eigenvalue weighted by Crippen LogP contribution is 2.31. The lowest BCUT2D eigenvalue weighted by atomic mass is 10.2. The number of rotatable bonds is 5. The number of anilines is 1. The van der Waals surface area contributed by atoms with Gasteiger partial charge in [-0.25, -0.2) is 4.98 Å². The first-order valence-corrected chi connectivity index (χ1v) is 6.53. The molecule has 1 aromatic heterocycles. The fraction of sp³-hybridized carbons (Fsp3) is 0.250. The zero-order valence-corrected chi connectivity index (χ0v) is 11.3. The van der Waals surface area contributed by atoms with Gasteiger partial charge in [-0.2, -0.15) is 0 Å². The number of nitrogens with zero attached hydrogens (tertiary/aromatic N) is 2. The van der Waals surface area contributed by atoms with Gasteiger partial charge < -0.3 is 10.1 Å². The maximum Gasteiger partial charge on any atom is 0.271 e. The summed E-state index contributed by atoms with van der Waals surface area (Å²) in [5.41, 5.74) is 3.24. The normalized spacial score (nSPS) is 11.9. The van der Waals surface area contributed by atoms with Gasteiger partial charge in [-0.05, 0) is 13.0 Å². The van der Waals surface area contributed by atoms with Crippen LogP contribution in [0.2, 0.25) is 0 Å². The van der Waals surface area contributed by atoms with Crippen molar-refractivity contribution >= 4 is 22.7 Å². The molecule has 0 saturated carbocycles. The molecule has 19 heavy (non-hydrogen) atoms. The van der Waals surface area contributed by atoms with Gasteiger partial charge in [0.25, 0.3) is 5.69 Å². The molecule has 1 unspecified atom stereocenters. The molecule has 6 nitrogen and oxygen atoms in total. The minimum atomic E-state index is -0.432. The van der Waals surface area contributed by atoms with Crippen molar-refractivity contribution in [2.24, 2.45) is 0 Å². The van der Waals surface area contributed by atoms with Gasteiger partial charge >= 0.3 is 0 Å². The average Bonchev–Trinajstić information content (AvgIpc) is 2.92. The Morgan fingerprint density at radius 1 is 1.53 bits per heavy atom. The van der Waals surface area contributed by atoms with E-state index in [1.807, 2.05) is 12.3 Å². The number of nitro groups is 1. The first-order chi connectivity index (χ1) is 9.11. The molecule has 0 aliphatic carbocycles. The lowest BCUT2D eigenvalue weighted by molar-refractivity contribution is -0.384. The molecule has 0 aliphatic heterocycles. The Bertz CT molecular complexity index is 572. The van der Waals surface area contributed by atoms with E-state index in [1.165, 1.54) is 30.6 Å². The second kappa shape index (κ2) is 5.66. The Balaban J connectivity index is 2.27. The van der Waals surface area contributed by atoms with Crippen molar-refractivity contribution in [3.8, 4) is 5.75 Å². The van der Waals surface area contributed by atoms with Gasteiger partial charge in [-0.3, -0.25) is 10.1 Å². The Morgan fingerprint density at radius 2 is 2.32 bits per heavy atom. The number of methoxy groups -OCH3 is 1. The van der Waals surface area contributed by atoms with Crippen molar-refractivity contribution < 1.29 is 9.66 Å². The summed E-state index contributed by atoms with van der Waals surface area (Å²) in [5.74, 6) is 0.563. The van der Waals surface area contributed by atoms with Crippen molar-refractivity contribution in [2.75, 3.05) is 12.4 Å². The molecule has 0 spiro atoms. The highest BCUT2D eigenvalue weighted by molar-refractivity contribution is 7.07. The van der Waals surface area contributed by atoms with Gasteiger partial charge in [0.1, 0.15) is 5.75 Å². The first kappa shape index (κ1) is 13.3. The van der Waals surface area contributed by atoms with Crippen LogP contribution in [0, 0.1) is 10.1 Å².